The van der Waals surface area contributed by atoms with E-state index in [1.54, 1.807) is 0 Å². The highest BCUT2D eigenvalue weighted by molar-refractivity contribution is 4.74. The Kier molecular flexibility index (Phi) is 4.71. The average Bonchev–Trinajstić information content (AvgIpc) is 2.66. The smallest absolute Gasteiger partial charge is 0.240 e. The van der Waals surface area contributed by atoms with Gasteiger partial charge in [-0.3, -0.25) is 4.90 Å². The number of hydrogen-bond donors (Lipinski definition) is 1. The summed E-state index contributed by atoms with van der Waals surface area (Å²) < 4.78 is 4.92. The lowest BCUT2D eigenvalue weighted by molar-refractivity contribution is 0.252. The molecule has 1 heterocycles. The molecular weight excluding hydrogens is 192 g/mol. The molecule has 15 heavy (non-hydrogen) atoms. The van der Waals surface area contributed by atoms with E-state index >= 15 is 0 Å². The Morgan fingerprint density at radius 1 is 1.53 bits per heavy atom. The Labute approximate surface area is 90.6 Å². The van der Waals surface area contributed by atoms with Gasteiger partial charge in [-0.05, 0) is 25.9 Å². The van der Waals surface area contributed by atoms with Crippen molar-refractivity contribution in [3.8, 4) is 0 Å². The van der Waals surface area contributed by atoms with Crippen LogP contribution in [0.3, 0.4) is 0 Å². The van der Waals surface area contributed by atoms with Crippen LogP contribution in [0.4, 0.5) is 0 Å². The molecule has 1 aromatic heterocycles. The van der Waals surface area contributed by atoms with Gasteiger partial charge in [0.05, 0.1) is 6.54 Å². The minimum atomic E-state index is 0.259. The summed E-state index contributed by atoms with van der Waals surface area (Å²) in [5.41, 5.74) is 5.96. The molecule has 5 nitrogen and oxygen atoms in total. The van der Waals surface area contributed by atoms with Crippen LogP contribution in [-0.4, -0.2) is 34.7 Å². The molecule has 0 amide bonds. The number of rotatable bonds is 6. The first-order chi connectivity index (χ1) is 7.09. The molecule has 0 spiro atoms. The average molecular weight is 212 g/mol. The summed E-state index contributed by atoms with van der Waals surface area (Å²) >= 11 is 0. The molecule has 0 radical (unpaired) electrons. The van der Waals surface area contributed by atoms with Crippen molar-refractivity contribution in [3.63, 3.8) is 0 Å². The minimum absolute atomic E-state index is 0.259. The van der Waals surface area contributed by atoms with Crippen LogP contribution >= 0.6 is 0 Å². The number of hydrogen-bond acceptors (Lipinski definition) is 5. The van der Waals surface area contributed by atoms with Gasteiger partial charge in [0, 0.05) is 6.04 Å². The Bertz CT molecular complexity index is 260. The first-order valence-electron chi connectivity index (χ1n) is 5.29. The summed E-state index contributed by atoms with van der Waals surface area (Å²) in [5.74, 6) is 1.18. The molecule has 0 saturated heterocycles. The molecule has 0 aliphatic carbocycles. The van der Waals surface area contributed by atoms with Crippen molar-refractivity contribution in [2.75, 3.05) is 13.6 Å². The van der Waals surface area contributed by atoms with Gasteiger partial charge >= 0.3 is 0 Å². The molecule has 86 valence electrons. The van der Waals surface area contributed by atoms with Crippen molar-refractivity contribution in [1.82, 2.24) is 15.0 Å². The lowest BCUT2D eigenvalue weighted by Gasteiger charge is -2.19. The second-order valence-electron chi connectivity index (χ2n) is 4.27. The van der Waals surface area contributed by atoms with Crippen molar-refractivity contribution < 1.29 is 4.52 Å². The van der Waals surface area contributed by atoms with Gasteiger partial charge < -0.3 is 10.3 Å². The molecule has 0 fully saturated rings. The summed E-state index contributed by atoms with van der Waals surface area (Å²) in [6.07, 6.45) is 2.41. The largest absolute Gasteiger partial charge is 0.338 e. The van der Waals surface area contributed by atoms with Gasteiger partial charge in [0.25, 0.3) is 0 Å². The highest BCUT2D eigenvalue weighted by Crippen LogP contribution is 2.05. The summed E-state index contributed by atoms with van der Waals surface area (Å²) in [6.45, 7) is 5.91. The number of nitrogens with zero attached hydrogens (tertiary/aromatic N) is 3. The van der Waals surface area contributed by atoms with Crippen LogP contribution in [0.15, 0.2) is 10.9 Å². The van der Waals surface area contributed by atoms with E-state index < -0.39 is 0 Å². The summed E-state index contributed by atoms with van der Waals surface area (Å²) in [4.78, 5) is 6.10. The zero-order valence-corrected chi connectivity index (χ0v) is 9.68. The molecule has 0 bridgehead atoms. The van der Waals surface area contributed by atoms with Gasteiger partial charge in [0.2, 0.25) is 5.89 Å². The molecule has 1 rings (SSSR count). The SMILES string of the molecule is CC(C)C(N)CCN(C)Cc1ncno1. The van der Waals surface area contributed by atoms with E-state index in [0.29, 0.717) is 18.4 Å². The number of aromatic nitrogens is 2. The van der Waals surface area contributed by atoms with Gasteiger partial charge in [-0.25, -0.2) is 0 Å². The molecule has 1 aromatic rings. The predicted molar refractivity (Wildman–Crippen MR) is 58.1 cm³/mol. The standard InChI is InChI=1S/C10H20N4O/c1-8(2)9(11)4-5-14(3)6-10-12-7-13-15-10/h7-9H,4-6,11H2,1-3H3. The third kappa shape index (κ3) is 4.40. The number of nitrogens with two attached hydrogens (primary N) is 1. The lowest BCUT2D eigenvalue weighted by atomic mass is 10.0. The topological polar surface area (TPSA) is 68.2 Å². The van der Waals surface area contributed by atoms with Crippen LogP contribution in [-0.2, 0) is 6.54 Å². The van der Waals surface area contributed by atoms with Crippen molar-refractivity contribution in [2.24, 2.45) is 11.7 Å². The van der Waals surface area contributed by atoms with E-state index in [-0.39, 0.29) is 6.04 Å². The summed E-state index contributed by atoms with van der Waals surface area (Å²) in [5, 5.41) is 3.56. The zero-order valence-electron chi connectivity index (χ0n) is 9.68. The first-order valence-corrected chi connectivity index (χ1v) is 5.29. The fourth-order valence-corrected chi connectivity index (χ4v) is 1.28. The van der Waals surface area contributed by atoms with Crippen LogP contribution in [0.25, 0.3) is 0 Å². The molecule has 0 aliphatic heterocycles. The summed E-state index contributed by atoms with van der Waals surface area (Å²) in [7, 11) is 2.03. The predicted octanol–water partition coefficient (Wildman–Crippen LogP) is 0.875. The second-order valence-corrected chi connectivity index (χ2v) is 4.27. The molecular formula is C10H20N4O. The van der Waals surface area contributed by atoms with Gasteiger partial charge in [-0.1, -0.05) is 19.0 Å². The monoisotopic (exact) mass is 212 g/mol. The third-order valence-electron chi connectivity index (χ3n) is 2.51. The normalized spacial score (nSPS) is 13.7. The van der Waals surface area contributed by atoms with E-state index in [4.69, 9.17) is 10.3 Å². The van der Waals surface area contributed by atoms with Crippen LogP contribution in [0, 0.1) is 5.92 Å². The third-order valence-corrected chi connectivity index (χ3v) is 2.51. The van der Waals surface area contributed by atoms with Crippen LogP contribution in [0.2, 0.25) is 0 Å². The highest BCUT2D eigenvalue weighted by Gasteiger charge is 2.10. The molecule has 0 aliphatic rings. The van der Waals surface area contributed by atoms with Crippen LogP contribution < -0.4 is 5.73 Å². The van der Waals surface area contributed by atoms with Gasteiger partial charge in [0.15, 0.2) is 6.33 Å². The van der Waals surface area contributed by atoms with Crippen molar-refractivity contribution >= 4 is 0 Å². The fourth-order valence-electron chi connectivity index (χ4n) is 1.28. The molecule has 1 unspecified atom stereocenters. The lowest BCUT2D eigenvalue weighted by Crippen LogP contribution is -2.31. The molecule has 1 atom stereocenters. The Hall–Kier alpha value is -0.940. The van der Waals surface area contributed by atoms with Crippen LogP contribution in [0.1, 0.15) is 26.2 Å². The van der Waals surface area contributed by atoms with E-state index in [0.717, 1.165) is 13.0 Å². The Balaban J connectivity index is 2.22. The maximum Gasteiger partial charge on any atom is 0.240 e. The summed E-state index contributed by atoms with van der Waals surface area (Å²) in [6, 6.07) is 0.259. The van der Waals surface area contributed by atoms with Crippen LogP contribution in [0.5, 0.6) is 0 Å². The maximum absolute atomic E-state index is 5.96. The van der Waals surface area contributed by atoms with Gasteiger partial charge in [-0.2, -0.15) is 4.98 Å². The van der Waals surface area contributed by atoms with E-state index in [1.165, 1.54) is 6.33 Å². The van der Waals surface area contributed by atoms with Crippen molar-refractivity contribution in [3.05, 3.63) is 12.2 Å². The molecule has 5 heteroatoms. The quantitative estimate of drug-likeness (QED) is 0.758. The molecule has 2 N–H and O–H groups in total. The molecule has 0 saturated carbocycles. The van der Waals surface area contributed by atoms with Crippen molar-refractivity contribution in [1.29, 1.82) is 0 Å². The van der Waals surface area contributed by atoms with E-state index in [1.807, 2.05) is 7.05 Å². The minimum Gasteiger partial charge on any atom is -0.338 e. The highest BCUT2D eigenvalue weighted by atomic mass is 16.5. The Morgan fingerprint density at radius 3 is 2.80 bits per heavy atom. The fraction of sp³-hybridized carbons (Fsp3) is 0.800. The zero-order chi connectivity index (χ0) is 11.3. The van der Waals surface area contributed by atoms with Crippen molar-refractivity contribution in [2.45, 2.75) is 32.9 Å². The van der Waals surface area contributed by atoms with E-state index in [2.05, 4.69) is 28.9 Å². The maximum atomic E-state index is 5.96. The molecule has 0 aromatic carbocycles. The van der Waals surface area contributed by atoms with E-state index in [9.17, 15) is 0 Å². The Morgan fingerprint density at radius 2 is 2.27 bits per heavy atom. The first kappa shape index (κ1) is 12.1. The second kappa shape index (κ2) is 5.82. The van der Waals surface area contributed by atoms with Gasteiger partial charge in [-0.15, -0.1) is 0 Å². The van der Waals surface area contributed by atoms with Gasteiger partial charge in [0.1, 0.15) is 0 Å².